The number of ether oxygens (including phenoxy) is 2. The predicted octanol–water partition coefficient (Wildman–Crippen LogP) is 1.53. The zero-order chi connectivity index (χ0) is 11.4. The first-order chi connectivity index (χ1) is 7.75. The van der Waals surface area contributed by atoms with Gasteiger partial charge in [0.1, 0.15) is 0 Å². The lowest BCUT2D eigenvalue weighted by atomic mass is 10.2. The van der Waals surface area contributed by atoms with Gasteiger partial charge in [-0.05, 0) is 25.7 Å². The number of rotatable bonds is 5. The number of carboxylic acid groups (broad SMARTS) is 1. The average Bonchev–Trinajstić information content (AvgIpc) is 2.87. The van der Waals surface area contributed by atoms with Gasteiger partial charge >= 0.3 is 5.97 Å². The molecule has 0 bridgehead atoms. The van der Waals surface area contributed by atoms with Crippen molar-refractivity contribution in [3.63, 3.8) is 0 Å². The van der Waals surface area contributed by atoms with Crippen LogP contribution in [-0.2, 0) is 14.3 Å². The van der Waals surface area contributed by atoms with Crippen molar-refractivity contribution in [1.82, 2.24) is 0 Å². The first-order valence-electron chi connectivity index (χ1n) is 5.83. The number of aliphatic carboxylic acids is 1. The molecule has 2 rings (SSSR count). The molecule has 0 aromatic carbocycles. The van der Waals surface area contributed by atoms with E-state index in [0.29, 0.717) is 12.5 Å². The number of carboxylic acids is 1. The minimum Gasteiger partial charge on any atom is -0.479 e. The van der Waals surface area contributed by atoms with E-state index in [2.05, 4.69) is 0 Å². The van der Waals surface area contributed by atoms with E-state index in [9.17, 15) is 4.79 Å². The minimum atomic E-state index is -0.827. The molecule has 2 saturated heterocycles. The summed E-state index contributed by atoms with van der Waals surface area (Å²) in [5.41, 5.74) is 0. The Bertz CT molecular complexity index is 240. The molecule has 0 aromatic heterocycles. The van der Waals surface area contributed by atoms with E-state index < -0.39 is 12.1 Å². The van der Waals surface area contributed by atoms with Crippen LogP contribution in [0, 0.1) is 0 Å². The van der Waals surface area contributed by atoms with Crippen molar-refractivity contribution < 1.29 is 19.4 Å². The van der Waals surface area contributed by atoms with E-state index in [1.807, 2.05) is 11.8 Å². The molecule has 3 atom stereocenters. The topological polar surface area (TPSA) is 55.8 Å². The van der Waals surface area contributed by atoms with E-state index in [1.165, 1.54) is 6.42 Å². The highest BCUT2D eigenvalue weighted by Gasteiger charge is 2.30. The third-order valence-corrected chi connectivity index (χ3v) is 4.23. The standard InChI is InChI=1S/C11H18O4S/c12-11(13)10-4-3-9(15-10)7-16-6-8-2-1-5-14-8/h8-10H,1-7H2,(H,12,13). The largest absolute Gasteiger partial charge is 0.479 e. The molecule has 16 heavy (non-hydrogen) atoms. The molecule has 0 aliphatic carbocycles. The van der Waals surface area contributed by atoms with Gasteiger partial charge in [0.25, 0.3) is 0 Å². The molecule has 92 valence electrons. The number of hydrogen-bond acceptors (Lipinski definition) is 4. The summed E-state index contributed by atoms with van der Waals surface area (Å²) in [5.74, 6) is 1.08. The van der Waals surface area contributed by atoms with Crippen molar-refractivity contribution in [2.45, 2.75) is 44.0 Å². The van der Waals surface area contributed by atoms with E-state index in [0.717, 1.165) is 31.0 Å². The van der Waals surface area contributed by atoms with Crippen molar-refractivity contribution in [2.24, 2.45) is 0 Å². The van der Waals surface area contributed by atoms with Crippen molar-refractivity contribution >= 4 is 17.7 Å². The van der Waals surface area contributed by atoms with Gasteiger partial charge in [0, 0.05) is 18.1 Å². The highest BCUT2D eigenvalue weighted by Crippen LogP contribution is 2.24. The van der Waals surface area contributed by atoms with E-state index >= 15 is 0 Å². The quantitative estimate of drug-likeness (QED) is 0.797. The Kier molecular flexibility index (Phi) is 4.49. The summed E-state index contributed by atoms with van der Waals surface area (Å²) in [7, 11) is 0. The lowest BCUT2D eigenvalue weighted by Crippen LogP contribution is -2.21. The third-order valence-electron chi connectivity index (χ3n) is 3.01. The third kappa shape index (κ3) is 3.37. The first kappa shape index (κ1) is 12.2. The average molecular weight is 246 g/mol. The van der Waals surface area contributed by atoms with Crippen molar-refractivity contribution in [2.75, 3.05) is 18.1 Å². The zero-order valence-electron chi connectivity index (χ0n) is 9.26. The molecule has 0 aromatic rings. The molecule has 0 saturated carbocycles. The van der Waals surface area contributed by atoms with Gasteiger partial charge in [0.05, 0.1) is 12.2 Å². The van der Waals surface area contributed by atoms with Gasteiger partial charge in [-0.3, -0.25) is 0 Å². The van der Waals surface area contributed by atoms with Gasteiger partial charge in [-0.2, -0.15) is 11.8 Å². The Morgan fingerprint density at radius 1 is 1.25 bits per heavy atom. The van der Waals surface area contributed by atoms with Gasteiger partial charge in [-0.25, -0.2) is 4.79 Å². The second-order valence-corrected chi connectivity index (χ2v) is 5.41. The summed E-state index contributed by atoms with van der Waals surface area (Å²) in [6.45, 7) is 0.895. The van der Waals surface area contributed by atoms with E-state index in [-0.39, 0.29) is 6.10 Å². The molecule has 2 aliphatic rings. The molecule has 2 heterocycles. The van der Waals surface area contributed by atoms with Crippen LogP contribution in [0.15, 0.2) is 0 Å². The van der Waals surface area contributed by atoms with Gasteiger partial charge in [-0.1, -0.05) is 0 Å². The molecule has 0 spiro atoms. The van der Waals surface area contributed by atoms with Crippen LogP contribution in [0.2, 0.25) is 0 Å². The molecule has 0 radical (unpaired) electrons. The number of hydrogen-bond donors (Lipinski definition) is 1. The molecule has 3 unspecified atom stereocenters. The summed E-state index contributed by atoms with van der Waals surface area (Å²) >= 11 is 1.82. The van der Waals surface area contributed by atoms with Gasteiger partial charge in [-0.15, -0.1) is 0 Å². The van der Waals surface area contributed by atoms with Crippen LogP contribution in [0.5, 0.6) is 0 Å². The van der Waals surface area contributed by atoms with Gasteiger partial charge in [0.15, 0.2) is 6.10 Å². The summed E-state index contributed by atoms with van der Waals surface area (Å²) in [5, 5.41) is 8.78. The van der Waals surface area contributed by atoms with Crippen LogP contribution in [-0.4, -0.2) is 47.5 Å². The Hall–Kier alpha value is -0.260. The van der Waals surface area contributed by atoms with Gasteiger partial charge < -0.3 is 14.6 Å². The van der Waals surface area contributed by atoms with E-state index in [1.54, 1.807) is 0 Å². The molecule has 5 heteroatoms. The van der Waals surface area contributed by atoms with Crippen LogP contribution < -0.4 is 0 Å². The fourth-order valence-electron chi connectivity index (χ4n) is 2.12. The normalized spacial score (nSPS) is 34.4. The molecule has 1 N–H and O–H groups in total. The smallest absolute Gasteiger partial charge is 0.332 e. The fourth-order valence-corrected chi connectivity index (χ4v) is 3.29. The Morgan fingerprint density at radius 3 is 2.69 bits per heavy atom. The molecule has 4 nitrogen and oxygen atoms in total. The van der Waals surface area contributed by atoms with Crippen LogP contribution in [0.1, 0.15) is 25.7 Å². The first-order valence-corrected chi connectivity index (χ1v) is 6.99. The lowest BCUT2D eigenvalue weighted by Gasteiger charge is -2.12. The van der Waals surface area contributed by atoms with Crippen molar-refractivity contribution in [1.29, 1.82) is 0 Å². The highest BCUT2D eigenvalue weighted by atomic mass is 32.2. The van der Waals surface area contributed by atoms with Crippen LogP contribution in [0.25, 0.3) is 0 Å². The van der Waals surface area contributed by atoms with Crippen molar-refractivity contribution in [3.05, 3.63) is 0 Å². The maximum Gasteiger partial charge on any atom is 0.332 e. The number of carbonyl (C=O) groups is 1. The van der Waals surface area contributed by atoms with Crippen LogP contribution in [0.4, 0.5) is 0 Å². The second-order valence-electron chi connectivity index (χ2n) is 4.33. The van der Waals surface area contributed by atoms with Gasteiger partial charge in [0.2, 0.25) is 0 Å². The summed E-state index contributed by atoms with van der Waals surface area (Å²) in [4.78, 5) is 10.7. The lowest BCUT2D eigenvalue weighted by molar-refractivity contribution is -0.148. The van der Waals surface area contributed by atoms with Crippen molar-refractivity contribution in [3.8, 4) is 0 Å². The Labute approximate surface area is 99.7 Å². The maximum absolute atomic E-state index is 10.7. The zero-order valence-corrected chi connectivity index (χ0v) is 10.1. The summed E-state index contributed by atoms with van der Waals surface area (Å²) in [6, 6.07) is 0. The molecular weight excluding hydrogens is 228 g/mol. The van der Waals surface area contributed by atoms with E-state index in [4.69, 9.17) is 14.6 Å². The fraction of sp³-hybridized carbons (Fsp3) is 0.909. The maximum atomic E-state index is 10.7. The molecular formula is C11H18O4S. The van der Waals surface area contributed by atoms with Crippen LogP contribution in [0.3, 0.4) is 0 Å². The molecule has 2 aliphatic heterocycles. The summed E-state index contributed by atoms with van der Waals surface area (Å²) in [6.07, 6.45) is 3.81. The monoisotopic (exact) mass is 246 g/mol. The number of thioether (sulfide) groups is 1. The Balaban J connectivity index is 1.58. The highest BCUT2D eigenvalue weighted by molar-refractivity contribution is 7.99. The second kappa shape index (κ2) is 5.89. The predicted molar refractivity (Wildman–Crippen MR) is 61.8 cm³/mol. The minimum absolute atomic E-state index is 0.118. The molecule has 0 amide bonds. The summed E-state index contributed by atoms with van der Waals surface area (Å²) < 4.78 is 10.9. The molecule has 2 fully saturated rings. The SMILES string of the molecule is O=C(O)C1CCC(CSCC2CCCO2)O1. The van der Waals surface area contributed by atoms with Crippen LogP contribution >= 0.6 is 11.8 Å². The Morgan fingerprint density at radius 2 is 2.06 bits per heavy atom.